The van der Waals surface area contributed by atoms with E-state index in [1.165, 1.54) is 27.0 Å². The number of esters is 1. The molecule has 0 radical (unpaired) electrons. The number of aromatic amines is 1. The number of H-pyrrole nitrogens is 1. The van der Waals surface area contributed by atoms with Crippen molar-refractivity contribution in [1.29, 1.82) is 0 Å². The molecule has 2 heterocycles. The van der Waals surface area contributed by atoms with E-state index < -0.39 is 97.8 Å². The molecule has 51 heavy (non-hydrogen) atoms. The molecule has 288 valence electrons. The van der Waals surface area contributed by atoms with E-state index in [0.29, 0.717) is 0 Å². The zero-order valence-electron chi connectivity index (χ0n) is 29.4. The zero-order chi connectivity index (χ0) is 38.7. The number of aromatic nitrogens is 2. The highest BCUT2D eigenvalue weighted by Gasteiger charge is 2.41. The van der Waals surface area contributed by atoms with Crippen LogP contribution in [0.3, 0.4) is 0 Å². The van der Waals surface area contributed by atoms with Gasteiger partial charge in [-0.2, -0.15) is 0 Å². The van der Waals surface area contributed by atoms with Crippen molar-refractivity contribution < 1.29 is 61.8 Å². The van der Waals surface area contributed by atoms with Gasteiger partial charge in [0.2, 0.25) is 11.8 Å². The number of methoxy groups -OCH3 is 1. The molecule has 1 aliphatic heterocycles. The number of nitrogens with one attached hydrogen (secondary N) is 5. The van der Waals surface area contributed by atoms with Crippen LogP contribution < -0.4 is 32.5 Å². The largest absolute Gasteiger partial charge is 0.469 e. The molecule has 22 heteroatoms. The maximum absolute atomic E-state index is 13.0. The molecule has 6 atom stereocenters. The molecule has 7 N–H and O–H groups in total. The van der Waals surface area contributed by atoms with Crippen molar-refractivity contribution in [2.75, 3.05) is 20.3 Å². The molecule has 1 aromatic rings. The zero-order valence-corrected chi connectivity index (χ0v) is 30.3. The maximum atomic E-state index is 13.0. The Kier molecular flexibility index (Phi) is 15.8. The number of amides is 4. The fourth-order valence-electron chi connectivity index (χ4n) is 4.62. The summed E-state index contributed by atoms with van der Waals surface area (Å²) in [6, 6.07) is -3.27. The number of hydrogen-bond donors (Lipinski definition) is 7. The third kappa shape index (κ3) is 14.8. The van der Waals surface area contributed by atoms with Gasteiger partial charge in [-0.15, -0.1) is 0 Å². The number of ether oxygens (including phenoxy) is 4. The SMILES string of the molecule is COC(=O)[C@H](C)NC(=O)[C@H](CCCCNC(=O)O[C@H]1C[C@H](n2cc(C)c(=O)[nH]c2=O)O[C@@H]1COP(=O)(O)O)NC(=O)[C@H](C)NC(=O)OC(C)(C)C. The number of phosphoric ester groups is 1. The minimum atomic E-state index is -4.93. The second-order valence-electron chi connectivity index (χ2n) is 12.7. The first-order chi connectivity index (χ1) is 23.6. The molecule has 1 aliphatic rings. The molecule has 1 saturated heterocycles. The highest BCUT2D eigenvalue weighted by molar-refractivity contribution is 7.46. The third-order valence-corrected chi connectivity index (χ3v) is 7.65. The summed E-state index contributed by atoms with van der Waals surface area (Å²) in [5.41, 5.74) is -2.05. The van der Waals surface area contributed by atoms with Gasteiger partial charge in [-0.1, -0.05) is 0 Å². The smallest absolute Gasteiger partial charge is 0.467 e. The second kappa shape index (κ2) is 18.8. The van der Waals surface area contributed by atoms with Gasteiger partial charge in [0.15, 0.2) is 0 Å². The average molecular weight is 751 g/mol. The summed E-state index contributed by atoms with van der Waals surface area (Å²) in [5, 5.41) is 9.88. The number of aryl methyl sites for hydroxylation is 1. The van der Waals surface area contributed by atoms with Crippen molar-refractivity contribution in [2.24, 2.45) is 0 Å². The van der Waals surface area contributed by atoms with Gasteiger partial charge in [0, 0.05) is 24.7 Å². The summed E-state index contributed by atoms with van der Waals surface area (Å²) in [6.45, 7) is 8.52. The highest BCUT2D eigenvalue weighted by Crippen LogP contribution is 2.38. The summed E-state index contributed by atoms with van der Waals surface area (Å²) in [7, 11) is -3.78. The Balaban J connectivity index is 2.00. The molecule has 0 saturated carbocycles. The molecular formula is C29H47N6O15P. The number of alkyl carbamates (subject to hydrolysis) is 2. The molecule has 0 aliphatic carbocycles. The van der Waals surface area contributed by atoms with Crippen LogP contribution in [0.2, 0.25) is 0 Å². The lowest BCUT2D eigenvalue weighted by molar-refractivity contribution is -0.144. The summed E-state index contributed by atoms with van der Waals surface area (Å²) in [5.74, 6) is -2.12. The maximum Gasteiger partial charge on any atom is 0.469 e. The lowest BCUT2D eigenvalue weighted by atomic mass is 10.1. The van der Waals surface area contributed by atoms with Gasteiger partial charge in [-0.05, 0) is 60.8 Å². The molecule has 4 amide bonds. The number of rotatable bonds is 16. The van der Waals surface area contributed by atoms with Gasteiger partial charge in [-0.3, -0.25) is 28.5 Å². The fraction of sp³-hybridized carbons (Fsp3) is 0.690. The molecule has 21 nitrogen and oxygen atoms in total. The Morgan fingerprint density at radius 1 is 1.04 bits per heavy atom. The van der Waals surface area contributed by atoms with Gasteiger partial charge in [0.05, 0.1) is 13.7 Å². The lowest BCUT2D eigenvalue weighted by Gasteiger charge is -2.24. The predicted octanol–water partition coefficient (Wildman–Crippen LogP) is -0.417. The quantitative estimate of drug-likeness (QED) is 0.0489. The minimum Gasteiger partial charge on any atom is -0.467 e. The van der Waals surface area contributed by atoms with Crippen LogP contribution in [0.4, 0.5) is 9.59 Å². The fourth-order valence-corrected chi connectivity index (χ4v) is 4.97. The van der Waals surface area contributed by atoms with Gasteiger partial charge in [-0.25, -0.2) is 23.7 Å². The predicted molar refractivity (Wildman–Crippen MR) is 175 cm³/mol. The van der Waals surface area contributed by atoms with E-state index in [0.717, 1.165) is 11.7 Å². The first kappa shape index (κ1) is 42.9. The van der Waals surface area contributed by atoms with E-state index >= 15 is 0 Å². The lowest BCUT2D eigenvalue weighted by Crippen LogP contribution is -2.55. The Hall–Kier alpha value is -4.30. The number of hydrogen-bond acceptors (Lipinski definition) is 13. The number of carbonyl (C=O) groups excluding carboxylic acids is 5. The van der Waals surface area contributed by atoms with E-state index in [1.54, 1.807) is 20.8 Å². The molecule has 1 aromatic heterocycles. The van der Waals surface area contributed by atoms with Gasteiger partial charge >= 0.3 is 31.7 Å². The number of phosphoric acid groups is 1. The number of nitrogens with zero attached hydrogens (tertiary/aromatic N) is 1. The monoisotopic (exact) mass is 750 g/mol. The molecular weight excluding hydrogens is 703 g/mol. The Labute approximate surface area is 292 Å². The van der Waals surface area contributed by atoms with Crippen molar-refractivity contribution in [2.45, 2.75) is 109 Å². The first-order valence-electron chi connectivity index (χ1n) is 15.9. The standard InChI is InChI=1S/C29H47N6O15P/c1-15-13-35(26(40)34-22(15)36)21-12-19(20(48-21)14-47-51(43,44)45)49-27(41)30-11-9-8-10-18(24(38)31-17(3)25(39)46-7)33-23(37)16(2)32-28(42)50-29(4,5)6/h13,16-21H,8-12,14H2,1-7H3,(H,30,41)(H,31,38)(H,32,42)(H,33,37)(H,34,36,40)(H2,43,44,45)/t16-,17-,18-,19-,20+,21+/m0/s1. The first-order valence-corrected chi connectivity index (χ1v) is 17.4. The van der Waals surface area contributed by atoms with E-state index in [4.69, 9.17) is 24.0 Å². The van der Waals surface area contributed by atoms with E-state index in [9.17, 15) is 38.1 Å². The Morgan fingerprint density at radius 2 is 1.71 bits per heavy atom. The second-order valence-corrected chi connectivity index (χ2v) is 13.9. The van der Waals surface area contributed by atoms with E-state index in [1.807, 2.05) is 0 Å². The van der Waals surface area contributed by atoms with Crippen LogP contribution >= 0.6 is 7.82 Å². The van der Waals surface area contributed by atoms with Gasteiger partial charge < -0.3 is 50.0 Å². The molecule has 0 bridgehead atoms. The van der Waals surface area contributed by atoms with Crippen LogP contribution in [0.1, 0.15) is 72.1 Å². The van der Waals surface area contributed by atoms with E-state index in [2.05, 4.69) is 35.5 Å². The number of carbonyl (C=O) groups is 5. The van der Waals surface area contributed by atoms with Crippen LogP contribution in [-0.4, -0.2) is 106 Å². The van der Waals surface area contributed by atoms with Gasteiger partial charge in [0.1, 0.15) is 42.2 Å². The topological polar surface area (TPSA) is 292 Å². The Morgan fingerprint density at radius 3 is 2.31 bits per heavy atom. The molecule has 0 spiro atoms. The number of unbranched alkanes of at least 4 members (excludes halogenated alkanes) is 1. The summed E-state index contributed by atoms with van der Waals surface area (Å²) in [6.07, 6.45) is -3.49. The van der Waals surface area contributed by atoms with Crippen LogP contribution in [0.25, 0.3) is 0 Å². The molecule has 1 fully saturated rings. The third-order valence-electron chi connectivity index (χ3n) is 7.16. The molecule has 0 aromatic carbocycles. The van der Waals surface area contributed by atoms with Crippen molar-refractivity contribution in [3.63, 3.8) is 0 Å². The van der Waals surface area contributed by atoms with Crippen molar-refractivity contribution >= 4 is 37.8 Å². The molecule has 0 unspecified atom stereocenters. The Bertz CT molecular complexity index is 1570. The van der Waals surface area contributed by atoms with Crippen LogP contribution in [0.5, 0.6) is 0 Å². The van der Waals surface area contributed by atoms with Crippen molar-refractivity contribution in [1.82, 2.24) is 30.8 Å². The summed E-state index contributed by atoms with van der Waals surface area (Å²) in [4.78, 5) is 107. The van der Waals surface area contributed by atoms with Crippen LogP contribution in [0, 0.1) is 6.92 Å². The van der Waals surface area contributed by atoms with Gasteiger partial charge in [0.25, 0.3) is 5.56 Å². The van der Waals surface area contributed by atoms with E-state index in [-0.39, 0.29) is 37.8 Å². The normalized spacial score (nSPS) is 19.2. The van der Waals surface area contributed by atoms with Crippen LogP contribution in [-0.2, 0) is 42.4 Å². The molecule has 2 rings (SSSR count). The van der Waals surface area contributed by atoms with Crippen LogP contribution in [0.15, 0.2) is 15.8 Å². The minimum absolute atomic E-state index is 0.0233. The van der Waals surface area contributed by atoms with Crippen molar-refractivity contribution in [3.8, 4) is 0 Å². The summed E-state index contributed by atoms with van der Waals surface area (Å²) < 4.78 is 37.8. The summed E-state index contributed by atoms with van der Waals surface area (Å²) >= 11 is 0. The average Bonchev–Trinajstić information content (AvgIpc) is 3.40. The highest BCUT2D eigenvalue weighted by atomic mass is 31.2. The van der Waals surface area contributed by atoms with Crippen molar-refractivity contribution in [3.05, 3.63) is 32.6 Å².